The van der Waals surface area contributed by atoms with Gasteiger partial charge in [0.2, 0.25) is 0 Å². The van der Waals surface area contributed by atoms with E-state index in [0.29, 0.717) is 24.7 Å². The van der Waals surface area contributed by atoms with Crippen molar-refractivity contribution in [2.24, 2.45) is 5.84 Å². The van der Waals surface area contributed by atoms with Crippen molar-refractivity contribution in [2.75, 3.05) is 13.2 Å². The van der Waals surface area contributed by atoms with Crippen LogP contribution in [-0.2, 0) is 0 Å². The van der Waals surface area contributed by atoms with Crippen molar-refractivity contribution in [3.8, 4) is 11.5 Å². The molecule has 0 amide bonds. The minimum Gasteiger partial charge on any atom is -0.490 e. The van der Waals surface area contributed by atoms with Gasteiger partial charge in [0, 0.05) is 0 Å². The molecule has 1 aromatic heterocycles. The molecule has 2 rings (SSSR count). The van der Waals surface area contributed by atoms with Gasteiger partial charge in [0.05, 0.1) is 23.9 Å². The third-order valence-electron chi connectivity index (χ3n) is 2.97. The Morgan fingerprint density at radius 3 is 2.48 bits per heavy atom. The van der Waals surface area contributed by atoms with Crippen LogP contribution < -0.4 is 20.7 Å². The molecular weight excluding hydrogens is 336 g/mol. The predicted octanol–water partition coefficient (Wildman–Crippen LogP) is 3.39. The van der Waals surface area contributed by atoms with Crippen LogP contribution in [0.1, 0.15) is 31.2 Å². The second-order valence-electron chi connectivity index (χ2n) is 4.30. The number of nitrogens with one attached hydrogen (secondary N) is 1. The number of rotatable bonds is 7. The second-order valence-corrected chi connectivity index (χ2v) is 5.16. The summed E-state index contributed by atoms with van der Waals surface area (Å²) < 4.78 is 17.5. The summed E-state index contributed by atoms with van der Waals surface area (Å²) in [6.07, 6.45) is 1.61. The molecule has 5 nitrogen and oxygen atoms in total. The topological polar surface area (TPSA) is 69.7 Å². The fourth-order valence-corrected chi connectivity index (χ4v) is 2.51. The van der Waals surface area contributed by atoms with Crippen LogP contribution in [0.5, 0.6) is 11.5 Å². The van der Waals surface area contributed by atoms with Gasteiger partial charge in [0.25, 0.3) is 0 Å². The van der Waals surface area contributed by atoms with Gasteiger partial charge in [-0.3, -0.25) is 5.84 Å². The second kappa shape index (κ2) is 7.49. The zero-order valence-electron chi connectivity index (χ0n) is 12.1. The lowest BCUT2D eigenvalue weighted by Crippen LogP contribution is -2.28. The molecule has 0 bridgehead atoms. The third-order valence-corrected chi connectivity index (χ3v) is 3.63. The lowest BCUT2D eigenvalue weighted by atomic mass is 10.0. The molecular formula is C15H19BrN2O3. The predicted molar refractivity (Wildman–Crippen MR) is 84.4 cm³/mol. The van der Waals surface area contributed by atoms with E-state index >= 15 is 0 Å². The minimum absolute atomic E-state index is 0.274. The Labute approximate surface area is 132 Å². The summed E-state index contributed by atoms with van der Waals surface area (Å²) in [5.74, 6) is 7.81. The van der Waals surface area contributed by atoms with E-state index < -0.39 is 0 Å². The Morgan fingerprint density at radius 1 is 1.19 bits per heavy atom. The zero-order valence-corrected chi connectivity index (χ0v) is 13.6. The van der Waals surface area contributed by atoms with Crippen molar-refractivity contribution in [1.29, 1.82) is 0 Å². The highest BCUT2D eigenvalue weighted by Crippen LogP contribution is 2.34. The van der Waals surface area contributed by atoms with E-state index in [1.165, 1.54) is 0 Å². The van der Waals surface area contributed by atoms with Gasteiger partial charge in [0.15, 0.2) is 11.5 Å². The third kappa shape index (κ3) is 3.58. The molecule has 0 aliphatic heterocycles. The Balaban J connectivity index is 2.38. The average molecular weight is 355 g/mol. The molecule has 1 unspecified atom stereocenters. The lowest BCUT2D eigenvalue weighted by Gasteiger charge is -2.17. The van der Waals surface area contributed by atoms with E-state index in [4.69, 9.17) is 19.7 Å². The Morgan fingerprint density at radius 2 is 1.90 bits per heavy atom. The van der Waals surface area contributed by atoms with Crippen LogP contribution in [0.25, 0.3) is 0 Å². The fraction of sp³-hybridized carbons (Fsp3) is 0.333. The van der Waals surface area contributed by atoms with Crippen LogP contribution in [-0.4, -0.2) is 13.2 Å². The molecule has 0 spiro atoms. The molecule has 0 radical (unpaired) electrons. The fourth-order valence-electron chi connectivity index (χ4n) is 2.08. The molecule has 1 atom stereocenters. The molecule has 1 aromatic carbocycles. The summed E-state index contributed by atoms with van der Waals surface area (Å²) in [7, 11) is 0. The maximum Gasteiger partial charge on any atom is 0.161 e. The van der Waals surface area contributed by atoms with Gasteiger partial charge in [-0.2, -0.15) is 0 Å². The highest BCUT2D eigenvalue weighted by molar-refractivity contribution is 9.10. The van der Waals surface area contributed by atoms with Gasteiger partial charge in [-0.05, 0) is 53.5 Å². The van der Waals surface area contributed by atoms with E-state index in [9.17, 15) is 0 Å². The summed E-state index contributed by atoms with van der Waals surface area (Å²) in [4.78, 5) is 0. The molecule has 6 heteroatoms. The summed E-state index contributed by atoms with van der Waals surface area (Å²) in [5.41, 5.74) is 3.69. The Kier molecular flexibility index (Phi) is 5.67. The number of hydrogen-bond donors (Lipinski definition) is 2. The van der Waals surface area contributed by atoms with Gasteiger partial charge in [-0.25, -0.2) is 5.43 Å². The summed E-state index contributed by atoms with van der Waals surface area (Å²) in [6.45, 7) is 5.02. The van der Waals surface area contributed by atoms with Crippen molar-refractivity contribution < 1.29 is 13.9 Å². The molecule has 2 aromatic rings. The van der Waals surface area contributed by atoms with Gasteiger partial charge in [-0.1, -0.05) is 6.07 Å². The first-order chi connectivity index (χ1) is 10.2. The molecule has 0 aliphatic carbocycles. The minimum atomic E-state index is -0.274. The van der Waals surface area contributed by atoms with Crippen LogP contribution in [0, 0.1) is 0 Å². The van der Waals surface area contributed by atoms with Gasteiger partial charge in [-0.15, -0.1) is 0 Å². The molecule has 0 saturated heterocycles. The molecule has 21 heavy (non-hydrogen) atoms. The van der Waals surface area contributed by atoms with E-state index in [1.54, 1.807) is 6.26 Å². The highest BCUT2D eigenvalue weighted by atomic mass is 79.9. The number of hydrazine groups is 1. The smallest absolute Gasteiger partial charge is 0.161 e. The molecule has 0 fully saturated rings. The zero-order chi connectivity index (χ0) is 15.2. The highest BCUT2D eigenvalue weighted by Gasteiger charge is 2.20. The Hall–Kier alpha value is -1.50. The first kappa shape index (κ1) is 15.9. The maximum atomic E-state index is 5.68. The normalized spacial score (nSPS) is 12.2. The monoisotopic (exact) mass is 354 g/mol. The van der Waals surface area contributed by atoms with Crippen LogP contribution in [0.2, 0.25) is 0 Å². The number of benzene rings is 1. The largest absolute Gasteiger partial charge is 0.490 e. The van der Waals surface area contributed by atoms with Crippen molar-refractivity contribution in [3.05, 3.63) is 46.3 Å². The lowest BCUT2D eigenvalue weighted by molar-refractivity contribution is 0.287. The van der Waals surface area contributed by atoms with Crippen molar-refractivity contribution in [1.82, 2.24) is 5.43 Å². The number of nitrogens with two attached hydrogens (primary N) is 1. The van der Waals surface area contributed by atoms with Crippen LogP contribution in [0.15, 0.2) is 39.4 Å². The standard InChI is InChI=1S/C15H19BrN2O3/c1-3-19-12-6-5-10(9-13(12)20-4-2)14(18-17)15-11(16)7-8-21-15/h5-9,14,18H,3-4,17H2,1-2H3. The Bertz CT molecular complexity index is 586. The van der Waals surface area contributed by atoms with E-state index in [-0.39, 0.29) is 6.04 Å². The number of furan rings is 1. The van der Waals surface area contributed by atoms with E-state index in [0.717, 1.165) is 15.8 Å². The van der Waals surface area contributed by atoms with Gasteiger partial charge in [0.1, 0.15) is 11.8 Å². The van der Waals surface area contributed by atoms with Crippen LogP contribution in [0.4, 0.5) is 0 Å². The summed E-state index contributed by atoms with van der Waals surface area (Å²) in [5, 5.41) is 0. The van der Waals surface area contributed by atoms with Crippen LogP contribution in [0.3, 0.4) is 0 Å². The quantitative estimate of drug-likeness (QED) is 0.589. The number of ether oxygens (including phenoxy) is 2. The van der Waals surface area contributed by atoms with Gasteiger partial charge >= 0.3 is 0 Å². The molecule has 0 saturated carbocycles. The summed E-state index contributed by atoms with van der Waals surface area (Å²) in [6, 6.07) is 7.29. The average Bonchev–Trinajstić information content (AvgIpc) is 2.89. The van der Waals surface area contributed by atoms with Crippen molar-refractivity contribution in [2.45, 2.75) is 19.9 Å². The van der Waals surface area contributed by atoms with E-state index in [2.05, 4.69) is 21.4 Å². The van der Waals surface area contributed by atoms with Gasteiger partial charge < -0.3 is 13.9 Å². The first-order valence-corrected chi connectivity index (χ1v) is 7.59. The summed E-state index contributed by atoms with van der Waals surface area (Å²) >= 11 is 3.45. The van der Waals surface area contributed by atoms with Crippen molar-refractivity contribution in [3.63, 3.8) is 0 Å². The molecule has 114 valence electrons. The van der Waals surface area contributed by atoms with E-state index in [1.807, 2.05) is 38.1 Å². The molecule has 0 aliphatic rings. The first-order valence-electron chi connectivity index (χ1n) is 6.79. The SMILES string of the molecule is CCOc1ccc(C(NN)c2occc2Br)cc1OCC. The van der Waals surface area contributed by atoms with Crippen molar-refractivity contribution >= 4 is 15.9 Å². The number of hydrogen-bond acceptors (Lipinski definition) is 5. The van der Waals surface area contributed by atoms with Crippen LogP contribution >= 0.6 is 15.9 Å². The number of halogens is 1. The molecule has 1 heterocycles. The molecule has 3 N–H and O–H groups in total. The maximum absolute atomic E-state index is 5.68.